The highest BCUT2D eigenvalue weighted by molar-refractivity contribution is 6.31. The lowest BCUT2D eigenvalue weighted by atomic mass is 10.0. The SMILES string of the molecule is C=C(NC(C)c1nc2ccc(Cl)cc2[nH]1)c1ccc(CN=C(CNC(=O)OC(C)(C)C)C2=C(C)CCC2)c(C(F)(F)F)c1. The van der Waals surface area contributed by atoms with Crippen LogP contribution in [-0.2, 0) is 17.5 Å². The Morgan fingerprint density at radius 3 is 2.58 bits per heavy atom. The maximum absolute atomic E-state index is 14.3. The van der Waals surface area contributed by atoms with Crippen molar-refractivity contribution in [2.75, 3.05) is 6.54 Å². The molecule has 0 aliphatic heterocycles. The van der Waals surface area contributed by atoms with E-state index in [4.69, 9.17) is 16.3 Å². The number of hydrogen-bond acceptors (Lipinski definition) is 5. The summed E-state index contributed by atoms with van der Waals surface area (Å²) in [5.41, 5.74) is 3.32. The van der Waals surface area contributed by atoms with Crippen LogP contribution in [0.15, 0.2) is 59.1 Å². The molecule has 11 heteroatoms. The van der Waals surface area contributed by atoms with Gasteiger partial charge in [0.25, 0.3) is 0 Å². The maximum atomic E-state index is 14.3. The molecule has 0 spiro atoms. The molecule has 3 aromatic rings. The molecule has 43 heavy (non-hydrogen) atoms. The average molecular weight is 616 g/mol. The first-order valence-corrected chi connectivity index (χ1v) is 14.5. The molecule has 4 rings (SSSR count). The van der Waals surface area contributed by atoms with Crippen molar-refractivity contribution in [2.45, 2.75) is 78.2 Å². The number of imidazole rings is 1. The van der Waals surface area contributed by atoms with Gasteiger partial charge in [0.1, 0.15) is 11.4 Å². The van der Waals surface area contributed by atoms with Crippen molar-refractivity contribution in [2.24, 2.45) is 4.99 Å². The second-order valence-corrected chi connectivity index (χ2v) is 12.2. The molecule has 3 N–H and O–H groups in total. The number of amides is 1. The number of hydrogen-bond donors (Lipinski definition) is 3. The average Bonchev–Trinajstić information content (AvgIpc) is 3.53. The highest BCUT2D eigenvalue weighted by Gasteiger charge is 2.34. The normalized spacial score (nSPS) is 15.1. The largest absolute Gasteiger partial charge is 0.444 e. The first kappa shape index (κ1) is 32.1. The summed E-state index contributed by atoms with van der Waals surface area (Å²) in [5.74, 6) is 0.601. The third kappa shape index (κ3) is 8.40. The van der Waals surface area contributed by atoms with Crippen molar-refractivity contribution in [3.63, 3.8) is 0 Å². The number of ether oxygens (including phenoxy) is 1. The number of nitrogens with one attached hydrogen (secondary N) is 3. The molecule has 1 unspecified atom stereocenters. The van der Waals surface area contributed by atoms with Gasteiger partial charge in [-0.2, -0.15) is 13.2 Å². The van der Waals surface area contributed by atoms with Gasteiger partial charge in [-0.1, -0.05) is 35.9 Å². The fourth-order valence-corrected chi connectivity index (χ4v) is 5.15. The monoisotopic (exact) mass is 615 g/mol. The van der Waals surface area contributed by atoms with Crippen molar-refractivity contribution in [1.82, 2.24) is 20.6 Å². The molecule has 0 fully saturated rings. The number of benzene rings is 2. The molecular weight excluding hydrogens is 579 g/mol. The third-order valence-corrected chi connectivity index (χ3v) is 7.34. The molecule has 230 valence electrons. The highest BCUT2D eigenvalue weighted by atomic mass is 35.5. The second kappa shape index (κ2) is 12.8. The van der Waals surface area contributed by atoms with Crippen LogP contribution in [0, 0.1) is 0 Å². The van der Waals surface area contributed by atoms with Crippen LogP contribution in [-0.4, -0.2) is 33.9 Å². The molecule has 0 saturated carbocycles. The Bertz CT molecular complexity index is 1580. The molecule has 1 aromatic heterocycles. The number of fused-ring (bicyclic) bond motifs is 1. The summed E-state index contributed by atoms with van der Waals surface area (Å²) in [4.78, 5) is 24.6. The minimum atomic E-state index is -4.61. The zero-order valence-electron chi connectivity index (χ0n) is 25.0. The zero-order valence-corrected chi connectivity index (χ0v) is 25.8. The predicted molar refractivity (Wildman–Crippen MR) is 165 cm³/mol. The number of aromatic amines is 1. The Balaban J connectivity index is 1.54. The van der Waals surface area contributed by atoms with Crippen LogP contribution in [0.1, 0.15) is 82.4 Å². The second-order valence-electron chi connectivity index (χ2n) is 11.7. The van der Waals surface area contributed by atoms with Crippen molar-refractivity contribution in [3.8, 4) is 0 Å². The van der Waals surface area contributed by atoms with Crippen molar-refractivity contribution < 1.29 is 22.7 Å². The van der Waals surface area contributed by atoms with E-state index in [1.165, 1.54) is 6.07 Å². The summed E-state index contributed by atoms with van der Waals surface area (Å²) in [6, 6.07) is 9.04. The number of rotatable bonds is 9. The van der Waals surface area contributed by atoms with E-state index in [1.807, 2.05) is 13.8 Å². The molecule has 1 heterocycles. The maximum Gasteiger partial charge on any atom is 0.416 e. The molecule has 1 aliphatic rings. The quantitative estimate of drug-likeness (QED) is 0.210. The standard InChI is InChI=1S/C32H37ClF3N5O2/c1-18-8-7-9-24(18)28(17-38-30(42)43-31(4,5)6)37-16-22-11-10-21(14-25(22)32(34,35)36)19(2)39-20(3)29-40-26-13-12-23(33)15-27(26)41-29/h10-15,20,39H,2,7-9,16-17H2,1,3-6H3,(H,38,42)(H,40,41). The minimum Gasteiger partial charge on any atom is -0.444 e. The lowest BCUT2D eigenvalue weighted by molar-refractivity contribution is -0.138. The van der Waals surface area contributed by atoms with Crippen LogP contribution >= 0.6 is 11.6 Å². The number of halogens is 4. The van der Waals surface area contributed by atoms with Gasteiger partial charge in [-0.15, -0.1) is 0 Å². The van der Waals surface area contributed by atoms with Crippen molar-refractivity contribution in [3.05, 3.63) is 81.7 Å². The van der Waals surface area contributed by atoms with E-state index in [2.05, 4.69) is 32.2 Å². The van der Waals surface area contributed by atoms with Gasteiger partial charge < -0.3 is 20.4 Å². The molecule has 1 atom stereocenters. The fourth-order valence-electron chi connectivity index (χ4n) is 4.98. The molecular formula is C32H37ClF3N5O2. The number of H-pyrrole nitrogens is 1. The third-order valence-electron chi connectivity index (χ3n) is 7.11. The number of allylic oxidation sites excluding steroid dienone is 1. The zero-order chi connectivity index (χ0) is 31.5. The summed E-state index contributed by atoms with van der Waals surface area (Å²) in [6.45, 7) is 12.9. The van der Waals surface area contributed by atoms with Gasteiger partial charge in [-0.25, -0.2) is 9.78 Å². The molecule has 1 aliphatic carbocycles. The number of carbonyl (C=O) groups is 1. The Morgan fingerprint density at radius 2 is 1.93 bits per heavy atom. The summed E-state index contributed by atoms with van der Waals surface area (Å²) in [7, 11) is 0. The van der Waals surface area contributed by atoms with E-state index in [-0.39, 0.29) is 24.7 Å². The summed E-state index contributed by atoms with van der Waals surface area (Å²) in [6.07, 6.45) is -2.64. The Kier molecular flexibility index (Phi) is 9.59. The first-order chi connectivity index (χ1) is 20.1. The first-order valence-electron chi connectivity index (χ1n) is 14.1. The Morgan fingerprint density at radius 1 is 1.19 bits per heavy atom. The number of carbonyl (C=O) groups excluding carboxylic acids is 1. The lowest BCUT2D eigenvalue weighted by Gasteiger charge is -2.20. The van der Waals surface area contributed by atoms with Crippen molar-refractivity contribution >= 4 is 40.1 Å². The number of nitrogens with zero attached hydrogens (tertiary/aromatic N) is 2. The number of aromatic nitrogens is 2. The lowest BCUT2D eigenvalue weighted by Crippen LogP contribution is -2.36. The number of alkyl carbamates (subject to hydrolysis) is 1. The smallest absolute Gasteiger partial charge is 0.416 e. The van der Waals surface area contributed by atoms with Gasteiger partial charge in [0, 0.05) is 10.7 Å². The van der Waals surface area contributed by atoms with Crippen LogP contribution < -0.4 is 10.6 Å². The van der Waals surface area contributed by atoms with E-state index in [1.54, 1.807) is 45.0 Å². The molecule has 0 radical (unpaired) electrons. The van der Waals surface area contributed by atoms with Crippen LogP contribution in [0.5, 0.6) is 0 Å². The topological polar surface area (TPSA) is 91.4 Å². The van der Waals surface area contributed by atoms with Crippen LogP contribution in [0.2, 0.25) is 5.02 Å². The molecule has 2 aromatic carbocycles. The predicted octanol–water partition coefficient (Wildman–Crippen LogP) is 8.52. The van der Waals surface area contributed by atoms with Gasteiger partial charge in [0.15, 0.2) is 0 Å². The number of alkyl halides is 3. The van der Waals surface area contributed by atoms with Gasteiger partial charge in [0.05, 0.1) is 41.4 Å². The van der Waals surface area contributed by atoms with Crippen LogP contribution in [0.4, 0.5) is 18.0 Å². The summed E-state index contributed by atoms with van der Waals surface area (Å²) in [5, 5.41) is 6.42. The van der Waals surface area contributed by atoms with Crippen molar-refractivity contribution in [1.29, 1.82) is 0 Å². The van der Waals surface area contributed by atoms with E-state index in [9.17, 15) is 18.0 Å². The van der Waals surface area contributed by atoms with E-state index in [0.717, 1.165) is 47.5 Å². The highest BCUT2D eigenvalue weighted by Crippen LogP contribution is 2.35. The van der Waals surface area contributed by atoms with Gasteiger partial charge in [-0.3, -0.25) is 4.99 Å². The van der Waals surface area contributed by atoms with Gasteiger partial charge in [0.2, 0.25) is 0 Å². The molecule has 7 nitrogen and oxygen atoms in total. The molecule has 1 amide bonds. The van der Waals surface area contributed by atoms with Crippen LogP contribution in [0.25, 0.3) is 16.7 Å². The van der Waals surface area contributed by atoms with E-state index >= 15 is 0 Å². The fraction of sp³-hybridized carbons (Fsp3) is 0.406. The van der Waals surface area contributed by atoms with Gasteiger partial charge >= 0.3 is 12.3 Å². The summed E-state index contributed by atoms with van der Waals surface area (Å²) >= 11 is 6.06. The van der Waals surface area contributed by atoms with Crippen LogP contribution in [0.3, 0.4) is 0 Å². The minimum absolute atomic E-state index is 0.0253. The Hall–Kier alpha value is -3.79. The number of aliphatic imine (C=N–C) groups is 1. The molecule has 0 saturated heterocycles. The summed E-state index contributed by atoms with van der Waals surface area (Å²) < 4.78 is 48.1. The van der Waals surface area contributed by atoms with E-state index < -0.39 is 23.4 Å². The molecule has 0 bridgehead atoms. The van der Waals surface area contributed by atoms with E-state index in [0.29, 0.717) is 27.8 Å². The Labute approximate surface area is 254 Å². The van der Waals surface area contributed by atoms with Gasteiger partial charge in [-0.05, 0) is 94.8 Å².